The summed E-state index contributed by atoms with van der Waals surface area (Å²) in [5, 5.41) is 13.4. The van der Waals surface area contributed by atoms with Crippen molar-refractivity contribution in [3.8, 4) is 11.5 Å². The molecule has 0 aromatic heterocycles. The van der Waals surface area contributed by atoms with Gasteiger partial charge in [0.15, 0.2) is 11.5 Å². The Balaban J connectivity index is 1.94. The molecule has 0 unspecified atom stereocenters. The number of methoxy groups -OCH3 is 1. The first kappa shape index (κ1) is 15.2. The number of carbonyl (C=O) groups is 1. The molecule has 1 amide bonds. The largest absolute Gasteiger partial charge is 0.504 e. The molecule has 0 aliphatic carbocycles. The van der Waals surface area contributed by atoms with Crippen LogP contribution in [-0.4, -0.2) is 24.7 Å². The topological polar surface area (TPSA) is 58.6 Å². The van der Waals surface area contributed by atoms with Gasteiger partial charge >= 0.3 is 0 Å². The molecule has 4 nitrogen and oxygen atoms in total. The molecule has 110 valence electrons. The van der Waals surface area contributed by atoms with E-state index in [1.54, 1.807) is 18.2 Å². The lowest BCUT2D eigenvalue weighted by atomic mass is 10.1. The molecule has 5 heteroatoms. The SMILES string of the molecule is COc1cccc(C(=O)NCCc2ccc(Cl)cc2)c1O. The lowest BCUT2D eigenvalue weighted by molar-refractivity contribution is 0.0951. The van der Waals surface area contributed by atoms with Crippen molar-refractivity contribution in [1.29, 1.82) is 0 Å². The van der Waals surface area contributed by atoms with Crippen molar-refractivity contribution >= 4 is 17.5 Å². The third kappa shape index (κ3) is 3.89. The van der Waals surface area contributed by atoms with E-state index in [1.807, 2.05) is 24.3 Å². The molecule has 0 atom stereocenters. The molecule has 0 fully saturated rings. The van der Waals surface area contributed by atoms with Crippen LogP contribution in [0.1, 0.15) is 15.9 Å². The number of benzene rings is 2. The molecule has 2 aromatic rings. The van der Waals surface area contributed by atoms with E-state index in [-0.39, 0.29) is 23.0 Å². The molecule has 0 heterocycles. The van der Waals surface area contributed by atoms with E-state index in [1.165, 1.54) is 7.11 Å². The van der Waals surface area contributed by atoms with Crippen LogP contribution >= 0.6 is 11.6 Å². The zero-order valence-corrected chi connectivity index (χ0v) is 12.4. The number of hydrogen-bond donors (Lipinski definition) is 2. The quantitative estimate of drug-likeness (QED) is 0.892. The smallest absolute Gasteiger partial charge is 0.255 e. The molecule has 2 aromatic carbocycles. The number of hydrogen-bond acceptors (Lipinski definition) is 3. The van der Waals surface area contributed by atoms with Crippen LogP contribution in [0.4, 0.5) is 0 Å². The number of carbonyl (C=O) groups excluding carboxylic acids is 1. The molecule has 2 N–H and O–H groups in total. The molecule has 21 heavy (non-hydrogen) atoms. The zero-order chi connectivity index (χ0) is 15.2. The number of halogens is 1. The summed E-state index contributed by atoms with van der Waals surface area (Å²) in [5.74, 6) is -0.204. The molecule has 2 rings (SSSR count). The Morgan fingerprint density at radius 2 is 1.95 bits per heavy atom. The summed E-state index contributed by atoms with van der Waals surface area (Å²) in [4.78, 5) is 12.0. The minimum Gasteiger partial charge on any atom is -0.504 e. The van der Waals surface area contributed by atoms with Crippen molar-refractivity contribution in [2.45, 2.75) is 6.42 Å². The highest BCUT2D eigenvalue weighted by Gasteiger charge is 2.14. The monoisotopic (exact) mass is 305 g/mol. The van der Waals surface area contributed by atoms with Gasteiger partial charge < -0.3 is 15.2 Å². The van der Waals surface area contributed by atoms with Gasteiger partial charge in [0, 0.05) is 11.6 Å². The first-order valence-corrected chi connectivity index (χ1v) is 6.88. The molecular weight excluding hydrogens is 290 g/mol. The Morgan fingerprint density at radius 1 is 1.24 bits per heavy atom. The second kappa shape index (κ2) is 6.99. The molecule has 0 radical (unpaired) electrons. The maximum absolute atomic E-state index is 12.0. The van der Waals surface area contributed by atoms with E-state index in [0.717, 1.165) is 5.56 Å². The van der Waals surface area contributed by atoms with Gasteiger partial charge in [-0.2, -0.15) is 0 Å². The highest BCUT2D eigenvalue weighted by Crippen LogP contribution is 2.29. The first-order valence-electron chi connectivity index (χ1n) is 6.50. The van der Waals surface area contributed by atoms with E-state index >= 15 is 0 Å². The van der Waals surface area contributed by atoms with Crippen LogP contribution in [-0.2, 0) is 6.42 Å². The molecule has 0 spiro atoms. The number of ether oxygens (including phenoxy) is 1. The Hall–Kier alpha value is -2.20. The van der Waals surface area contributed by atoms with Crippen LogP contribution in [0.15, 0.2) is 42.5 Å². The van der Waals surface area contributed by atoms with Gasteiger partial charge in [-0.25, -0.2) is 0 Å². The molecule has 0 saturated carbocycles. The average Bonchev–Trinajstić information content (AvgIpc) is 2.49. The van der Waals surface area contributed by atoms with E-state index in [2.05, 4.69) is 5.32 Å². The second-order valence-electron chi connectivity index (χ2n) is 4.49. The van der Waals surface area contributed by atoms with Gasteiger partial charge in [0.25, 0.3) is 5.91 Å². The average molecular weight is 306 g/mol. The molecule has 0 bridgehead atoms. The normalized spacial score (nSPS) is 10.2. The fourth-order valence-corrected chi connectivity index (χ4v) is 2.06. The summed E-state index contributed by atoms with van der Waals surface area (Å²) in [7, 11) is 1.44. The molecule has 0 saturated heterocycles. The molecule has 0 aliphatic heterocycles. The van der Waals surface area contributed by atoms with Crippen molar-refractivity contribution in [2.75, 3.05) is 13.7 Å². The van der Waals surface area contributed by atoms with E-state index in [9.17, 15) is 9.90 Å². The van der Waals surface area contributed by atoms with Crippen molar-refractivity contribution in [2.24, 2.45) is 0 Å². The summed E-state index contributed by atoms with van der Waals surface area (Å²) in [5.41, 5.74) is 1.28. The van der Waals surface area contributed by atoms with Crippen LogP contribution in [0.2, 0.25) is 5.02 Å². The van der Waals surface area contributed by atoms with Crippen molar-refractivity contribution in [1.82, 2.24) is 5.32 Å². The second-order valence-corrected chi connectivity index (χ2v) is 4.93. The third-order valence-corrected chi connectivity index (χ3v) is 3.33. The summed E-state index contributed by atoms with van der Waals surface area (Å²) < 4.78 is 4.98. The summed E-state index contributed by atoms with van der Waals surface area (Å²) in [6, 6.07) is 12.3. The van der Waals surface area contributed by atoms with Crippen LogP contribution in [0.3, 0.4) is 0 Å². The predicted octanol–water partition coefficient (Wildman–Crippen LogP) is 3.03. The number of phenolic OH excluding ortho intramolecular Hbond substituents is 1. The molecule has 0 aliphatic rings. The maximum atomic E-state index is 12.0. The van der Waals surface area contributed by atoms with E-state index in [4.69, 9.17) is 16.3 Å². The third-order valence-electron chi connectivity index (χ3n) is 3.08. The highest BCUT2D eigenvalue weighted by atomic mass is 35.5. The van der Waals surface area contributed by atoms with Gasteiger partial charge in [-0.3, -0.25) is 4.79 Å². The standard InChI is InChI=1S/C16H16ClNO3/c1-21-14-4-2-3-13(15(14)19)16(20)18-10-9-11-5-7-12(17)8-6-11/h2-8,19H,9-10H2,1H3,(H,18,20). The van der Waals surface area contributed by atoms with Crippen LogP contribution in [0, 0.1) is 0 Å². The van der Waals surface area contributed by atoms with Gasteiger partial charge in [-0.1, -0.05) is 29.8 Å². The van der Waals surface area contributed by atoms with Crippen LogP contribution in [0.25, 0.3) is 0 Å². The fourth-order valence-electron chi connectivity index (χ4n) is 1.94. The Morgan fingerprint density at radius 3 is 2.62 bits per heavy atom. The maximum Gasteiger partial charge on any atom is 0.255 e. The number of rotatable bonds is 5. The summed E-state index contributed by atoms with van der Waals surface area (Å²) in [6.07, 6.45) is 0.688. The lowest BCUT2D eigenvalue weighted by Gasteiger charge is -2.09. The minimum atomic E-state index is -0.333. The van der Waals surface area contributed by atoms with Gasteiger partial charge in [0.1, 0.15) is 0 Å². The van der Waals surface area contributed by atoms with Crippen molar-refractivity contribution < 1.29 is 14.6 Å². The predicted molar refractivity (Wildman–Crippen MR) is 82.1 cm³/mol. The summed E-state index contributed by atoms with van der Waals surface area (Å²) >= 11 is 5.81. The Labute approximate surface area is 128 Å². The lowest BCUT2D eigenvalue weighted by Crippen LogP contribution is -2.25. The number of phenols is 1. The Bertz CT molecular complexity index is 626. The zero-order valence-electron chi connectivity index (χ0n) is 11.6. The van der Waals surface area contributed by atoms with Crippen molar-refractivity contribution in [3.05, 3.63) is 58.6 Å². The van der Waals surface area contributed by atoms with Gasteiger partial charge in [0.05, 0.1) is 12.7 Å². The van der Waals surface area contributed by atoms with Crippen LogP contribution < -0.4 is 10.1 Å². The molecular formula is C16H16ClNO3. The van der Waals surface area contributed by atoms with Gasteiger partial charge in [0.2, 0.25) is 0 Å². The number of nitrogens with one attached hydrogen (secondary N) is 1. The van der Waals surface area contributed by atoms with E-state index < -0.39 is 0 Å². The Kier molecular flexibility index (Phi) is 5.06. The number of aromatic hydroxyl groups is 1. The number of para-hydroxylation sites is 1. The van der Waals surface area contributed by atoms with Crippen molar-refractivity contribution in [3.63, 3.8) is 0 Å². The number of amides is 1. The minimum absolute atomic E-state index is 0.149. The first-order chi connectivity index (χ1) is 10.1. The van der Waals surface area contributed by atoms with Gasteiger partial charge in [-0.15, -0.1) is 0 Å². The van der Waals surface area contributed by atoms with Gasteiger partial charge in [-0.05, 0) is 36.2 Å². The summed E-state index contributed by atoms with van der Waals surface area (Å²) in [6.45, 7) is 0.469. The fraction of sp³-hybridized carbons (Fsp3) is 0.188. The van der Waals surface area contributed by atoms with Crippen LogP contribution in [0.5, 0.6) is 11.5 Å². The highest BCUT2D eigenvalue weighted by molar-refractivity contribution is 6.30. The van der Waals surface area contributed by atoms with E-state index in [0.29, 0.717) is 18.0 Å².